The normalized spacial score (nSPS) is 10.6. The topological polar surface area (TPSA) is 34.1 Å². The average Bonchev–Trinajstić information content (AvgIpc) is 2.54. The fraction of sp³-hybridized carbons (Fsp3) is 0.167. The molecule has 0 unspecified atom stereocenters. The maximum Gasteiger partial charge on any atom is 0.131 e. The number of fused-ring (bicyclic) bond motifs is 1. The van der Waals surface area contributed by atoms with Gasteiger partial charge in [0.15, 0.2) is 0 Å². The Bertz CT molecular complexity index is 751. The van der Waals surface area contributed by atoms with Gasteiger partial charge in [0.1, 0.15) is 11.6 Å². The Morgan fingerprint density at radius 1 is 1.00 bits per heavy atom. The molecule has 0 saturated carbocycles. The van der Waals surface area contributed by atoms with Crippen LogP contribution in [0.3, 0.4) is 0 Å². The van der Waals surface area contributed by atoms with Crippen LogP contribution in [0.2, 0.25) is 0 Å². The van der Waals surface area contributed by atoms with Gasteiger partial charge in [-0.25, -0.2) is 4.98 Å². The highest BCUT2D eigenvalue weighted by Gasteiger charge is 2.03. The fourth-order valence-corrected chi connectivity index (χ4v) is 2.35. The van der Waals surface area contributed by atoms with Gasteiger partial charge in [0, 0.05) is 11.1 Å². The van der Waals surface area contributed by atoms with Crippen LogP contribution in [0.25, 0.3) is 10.9 Å². The van der Waals surface area contributed by atoms with E-state index >= 15 is 0 Å². The number of anilines is 2. The molecule has 3 heteroatoms. The lowest BCUT2D eigenvalue weighted by Gasteiger charge is -2.09. The van der Waals surface area contributed by atoms with Crippen LogP contribution < -0.4 is 10.1 Å². The summed E-state index contributed by atoms with van der Waals surface area (Å²) in [6, 6.07) is 18.3. The molecule has 0 bridgehead atoms. The molecule has 1 aromatic heterocycles. The van der Waals surface area contributed by atoms with E-state index in [2.05, 4.69) is 41.5 Å². The minimum absolute atomic E-state index is 0.833. The predicted molar refractivity (Wildman–Crippen MR) is 87.4 cm³/mol. The van der Waals surface area contributed by atoms with Crippen molar-refractivity contribution in [3.05, 3.63) is 60.2 Å². The van der Waals surface area contributed by atoms with Crippen LogP contribution >= 0.6 is 0 Å². The number of ether oxygens (including phenoxy) is 1. The second-order valence-electron chi connectivity index (χ2n) is 4.90. The van der Waals surface area contributed by atoms with E-state index in [-0.39, 0.29) is 0 Å². The van der Waals surface area contributed by atoms with Crippen molar-refractivity contribution in [3.63, 3.8) is 0 Å². The number of methoxy groups -OCH3 is 1. The molecular formula is C18H18N2O. The summed E-state index contributed by atoms with van der Waals surface area (Å²) in [4.78, 5) is 4.63. The first-order valence-corrected chi connectivity index (χ1v) is 7.10. The van der Waals surface area contributed by atoms with Crippen LogP contribution in [0, 0.1) is 0 Å². The highest BCUT2D eigenvalue weighted by atomic mass is 16.5. The molecular weight excluding hydrogens is 260 g/mol. The molecule has 1 N–H and O–H groups in total. The largest absolute Gasteiger partial charge is 0.496 e. The molecule has 21 heavy (non-hydrogen) atoms. The highest BCUT2D eigenvalue weighted by molar-refractivity contribution is 5.86. The lowest BCUT2D eigenvalue weighted by molar-refractivity contribution is 0.420. The van der Waals surface area contributed by atoms with Crippen molar-refractivity contribution in [2.75, 3.05) is 12.4 Å². The van der Waals surface area contributed by atoms with Crippen molar-refractivity contribution in [1.29, 1.82) is 0 Å². The fourth-order valence-electron chi connectivity index (χ4n) is 2.35. The second kappa shape index (κ2) is 5.83. The molecule has 2 aromatic carbocycles. The van der Waals surface area contributed by atoms with Gasteiger partial charge >= 0.3 is 0 Å². The Morgan fingerprint density at radius 3 is 2.52 bits per heavy atom. The van der Waals surface area contributed by atoms with Gasteiger partial charge in [0.05, 0.1) is 12.6 Å². The lowest BCUT2D eigenvalue weighted by Crippen LogP contribution is -1.95. The van der Waals surface area contributed by atoms with Crippen LogP contribution in [-0.4, -0.2) is 12.1 Å². The first-order chi connectivity index (χ1) is 10.3. The highest BCUT2D eigenvalue weighted by Crippen LogP contribution is 2.26. The zero-order chi connectivity index (χ0) is 14.7. The summed E-state index contributed by atoms with van der Waals surface area (Å²) in [6.45, 7) is 2.15. The number of benzene rings is 2. The number of hydrogen-bond acceptors (Lipinski definition) is 3. The van der Waals surface area contributed by atoms with Gasteiger partial charge in [-0.3, -0.25) is 0 Å². The van der Waals surface area contributed by atoms with Gasteiger partial charge in [-0.05, 0) is 48.4 Å². The molecule has 1 heterocycles. The molecule has 3 rings (SSSR count). The van der Waals surface area contributed by atoms with Crippen molar-refractivity contribution >= 4 is 22.4 Å². The molecule has 3 aromatic rings. The summed E-state index contributed by atoms with van der Waals surface area (Å²) < 4.78 is 5.35. The predicted octanol–water partition coefficient (Wildman–Crippen LogP) is 4.55. The Kier molecular flexibility index (Phi) is 3.73. The second-order valence-corrected chi connectivity index (χ2v) is 4.90. The van der Waals surface area contributed by atoms with E-state index in [0.717, 1.165) is 34.6 Å². The molecule has 0 aliphatic rings. The number of nitrogens with zero attached hydrogens (tertiary/aromatic N) is 1. The van der Waals surface area contributed by atoms with E-state index in [1.165, 1.54) is 5.56 Å². The summed E-state index contributed by atoms with van der Waals surface area (Å²) in [5, 5.41) is 4.35. The van der Waals surface area contributed by atoms with Crippen molar-refractivity contribution in [2.24, 2.45) is 0 Å². The van der Waals surface area contributed by atoms with E-state index in [1.807, 2.05) is 30.3 Å². The molecule has 0 aliphatic carbocycles. The Morgan fingerprint density at radius 2 is 1.81 bits per heavy atom. The van der Waals surface area contributed by atoms with Crippen molar-refractivity contribution in [1.82, 2.24) is 4.98 Å². The first-order valence-electron chi connectivity index (χ1n) is 7.10. The Hall–Kier alpha value is -2.55. The monoisotopic (exact) mass is 278 g/mol. The zero-order valence-electron chi connectivity index (χ0n) is 12.3. The van der Waals surface area contributed by atoms with Crippen LogP contribution in [0.5, 0.6) is 5.75 Å². The van der Waals surface area contributed by atoms with Gasteiger partial charge in [-0.2, -0.15) is 0 Å². The number of aryl methyl sites for hydroxylation is 1. The molecule has 0 aliphatic heterocycles. The minimum Gasteiger partial charge on any atom is -0.496 e. The van der Waals surface area contributed by atoms with Crippen molar-refractivity contribution in [3.8, 4) is 5.75 Å². The third-order valence-corrected chi connectivity index (χ3v) is 3.55. The molecule has 0 amide bonds. The average molecular weight is 278 g/mol. The lowest BCUT2D eigenvalue weighted by atomic mass is 10.1. The number of aromatic nitrogens is 1. The summed E-state index contributed by atoms with van der Waals surface area (Å²) in [5.41, 5.74) is 3.29. The smallest absolute Gasteiger partial charge is 0.131 e. The Balaban J connectivity index is 1.90. The van der Waals surface area contributed by atoms with E-state index in [4.69, 9.17) is 4.74 Å². The number of nitrogens with one attached hydrogen (secondary N) is 1. The van der Waals surface area contributed by atoms with Crippen LogP contribution in [0.1, 0.15) is 12.5 Å². The van der Waals surface area contributed by atoms with Crippen LogP contribution in [0.4, 0.5) is 11.5 Å². The molecule has 3 nitrogen and oxygen atoms in total. The summed E-state index contributed by atoms with van der Waals surface area (Å²) >= 11 is 0. The number of pyridine rings is 1. The molecule has 0 radical (unpaired) electrons. The maximum atomic E-state index is 5.35. The summed E-state index contributed by atoms with van der Waals surface area (Å²) in [5.74, 6) is 1.68. The van der Waals surface area contributed by atoms with Gasteiger partial charge in [-0.1, -0.05) is 25.1 Å². The molecule has 0 fully saturated rings. The summed E-state index contributed by atoms with van der Waals surface area (Å²) in [6.07, 6.45) is 1.05. The minimum atomic E-state index is 0.833. The quantitative estimate of drug-likeness (QED) is 0.760. The number of hydrogen-bond donors (Lipinski definition) is 1. The molecule has 106 valence electrons. The first kappa shape index (κ1) is 13.4. The van der Waals surface area contributed by atoms with E-state index < -0.39 is 0 Å². The number of rotatable bonds is 4. The third kappa shape index (κ3) is 2.82. The molecule has 0 spiro atoms. The molecule has 0 saturated heterocycles. The SMILES string of the molecule is CCc1ccc(Nc2ccc3c(OC)cccc3n2)cc1. The van der Waals surface area contributed by atoms with Crippen LogP contribution in [-0.2, 0) is 6.42 Å². The van der Waals surface area contributed by atoms with Crippen LogP contribution in [0.15, 0.2) is 54.6 Å². The maximum absolute atomic E-state index is 5.35. The van der Waals surface area contributed by atoms with E-state index in [9.17, 15) is 0 Å². The van der Waals surface area contributed by atoms with E-state index in [1.54, 1.807) is 7.11 Å². The summed E-state index contributed by atoms with van der Waals surface area (Å²) in [7, 11) is 1.68. The Labute approximate surface area is 124 Å². The van der Waals surface area contributed by atoms with E-state index in [0.29, 0.717) is 0 Å². The standard InChI is InChI=1S/C18H18N2O/c1-3-13-7-9-14(10-8-13)19-18-12-11-15-16(20-18)5-4-6-17(15)21-2/h4-12H,3H2,1-2H3,(H,19,20). The van der Waals surface area contributed by atoms with Crippen molar-refractivity contribution in [2.45, 2.75) is 13.3 Å². The van der Waals surface area contributed by atoms with Gasteiger partial charge < -0.3 is 10.1 Å². The van der Waals surface area contributed by atoms with Gasteiger partial charge in [-0.15, -0.1) is 0 Å². The third-order valence-electron chi connectivity index (χ3n) is 3.55. The molecule has 0 atom stereocenters. The zero-order valence-corrected chi connectivity index (χ0v) is 12.3. The van der Waals surface area contributed by atoms with Gasteiger partial charge in [0.2, 0.25) is 0 Å². The van der Waals surface area contributed by atoms with Gasteiger partial charge in [0.25, 0.3) is 0 Å². The van der Waals surface area contributed by atoms with Crippen molar-refractivity contribution < 1.29 is 4.74 Å².